The van der Waals surface area contributed by atoms with Crippen LogP contribution in [-0.4, -0.2) is 10.7 Å². The topological polar surface area (TPSA) is 122 Å². The Balaban J connectivity index is 1.70. The molecular formula is C34H32ClFN4O4. The summed E-state index contributed by atoms with van der Waals surface area (Å²) in [5.41, 5.74) is 10.8. The number of anilines is 1. The highest BCUT2D eigenvalue weighted by atomic mass is 35.5. The van der Waals surface area contributed by atoms with Crippen molar-refractivity contribution in [2.45, 2.75) is 60.0 Å². The Bertz CT molecular complexity index is 1840. The molecule has 0 saturated heterocycles. The number of Topliss-reactive ketones (excluding diaryl/α,β-unsaturated/α-hetero) is 1. The molecule has 3 aromatic rings. The summed E-state index contributed by atoms with van der Waals surface area (Å²) in [4.78, 5) is 26.7. The Morgan fingerprint density at radius 1 is 1.16 bits per heavy atom. The van der Waals surface area contributed by atoms with Gasteiger partial charge in [0.25, 0.3) is 5.69 Å². The van der Waals surface area contributed by atoms with Gasteiger partial charge in [0, 0.05) is 22.7 Å². The molecule has 0 saturated carbocycles. The molecule has 10 heteroatoms. The van der Waals surface area contributed by atoms with Crippen molar-refractivity contribution in [1.29, 1.82) is 5.26 Å². The van der Waals surface area contributed by atoms with Crippen LogP contribution in [0.1, 0.15) is 60.4 Å². The zero-order valence-corrected chi connectivity index (χ0v) is 25.9. The number of nitriles is 1. The van der Waals surface area contributed by atoms with Crippen LogP contribution in [0.2, 0.25) is 5.02 Å². The van der Waals surface area contributed by atoms with Gasteiger partial charge in [0.1, 0.15) is 29.7 Å². The normalized spacial score (nSPS) is 17.8. The number of aryl methyl sites for hydroxylation is 2. The minimum absolute atomic E-state index is 0.00788. The number of carbonyl (C=O) groups excluding carboxylic acids is 1. The largest absolute Gasteiger partial charge is 0.489 e. The van der Waals surface area contributed by atoms with E-state index in [1.54, 1.807) is 6.07 Å². The number of ether oxygens (including phenoxy) is 1. The maximum absolute atomic E-state index is 14.1. The first-order valence-corrected chi connectivity index (χ1v) is 14.5. The molecule has 1 aliphatic carbocycles. The molecule has 2 aliphatic rings. The molecular weight excluding hydrogens is 583 g/mol. The predicted octanol–water partition coefficient (Wildman–Crippen LogP) is 7.83. The molecule has 0 amide bonds. The fraction of sp³-hybridized carbons (Fsp3) is 0.294. The van der Waals surface area contributed by atoms with Crippen molar-refractivity contribution >= 4 is 28.8 Å². The summed E-state index contributed by atoms with van der Waals surface area (Å²) < 4.78 is 20.3. The Morgan fingerprint density at radius 3 is 2.55 bits per heavy atom. The van der Waals surface area contributed by atoms with Gasteiger partial charge < -0.3 is 10.5 Å². The van der Waals surface area contributed by atoms with Gasteiger partial charge in [-0.15, -0.1) is 0 Å². The van der Waals surface area contributed by atoms with Crippen LogP contribution in [0.5, 0.6) is 5.75 Å². The van der Waals surface area contributed by atoms with Crippen molar-refractivity contribution in [2.75, 3.05) is 4.90 Å². The van der Waals surface area contributed by atoms with E-state index in [2.05, 4.69) is 6.07 Å². The van der Waals surface area contributed by atoms with Crippen LogP contribution in [-0.2, 0) is 11.4 Å². The summed E-state index contributed by atoms with van der Waals surface area (Å²) >= 11 is 6.11. The number of nitro groups is 1. The lowest BCUT2D eigenvalue weighted by Gasteiger charge is -2.43. The van der Waals surface area contributed by atoms with Crippen LogP contribution in [0.25, 0.3) is 0 Å². The molecule has 8 nitrogen and oxygen atoms in total. The first-order valence-electron chi connectivity index (χ1n) is 14.1. The third-order valence-electron chi connectivity index (χ3n) is 8.29. The average Bonchev–Trinajstić information content (AvgIpc) is 2.93. The molecule has 44 heavy (non-hydrogen) atoms. The molecule has 0 aromatic heterocycles. The molecule has 1 atom stereocenters. The van der Waals surface area contributed by atoms with Crippen molar-refractivity contribution in [3.8, 4) is 11.8 Å². The fourth-order valence-corrected chi connectivity index (χ4v) is 6.50. The number of hydrogen-bond donors (Lipinski definition) is 1. The number of carbonyl (C=O) groups is 1. The molecule has 1 heterocycles. The minimum atomic E-state index is -0.801. The second-order valence-corrected chi connectivity index (χ2v) is 12.6. The molecule has 0 bridgehead atoms. The van der Waals surface area contributed by atoms with E-state index in [0.29, 0.717) is 28.5 Å². The Morgan fingerprint density at radius 2 is 1.89 bits per heavy atom. The van der Waals surface area contributed by atoms with Gasteiger partial charge in [-0.2, -0.15) is 5.26 Å². The first-order chi connectivity index (χ1) is 20.7. The molecule has 3 aromatic carbocycles. The van der Waals surface area contributed by atoms with Crippen molar-refractivity contribution < 1.29 is 18.8 Å². The summed E-state index contributed by atoms with van der Waals surface area (Å²) in [6, 6.07) is 14.7. The van der Waals surface area contributed by atoms with Crippen LogP contribution >= 0.6 is 11.6 Å². The number of nitro benzene ring substituents is 1. The summed E-state index contributed by atoms with van der Waals surface area (Å²) in [6.45, 7) is 9.86. The third-order valence-corrected chi connectivity index (χ3v) is 8.52. The fourth-order valence-electron chi connectivity index (χ4n) is 6.27. The molecule has 0 spiro atoms. The standard InChI is InChI=1S/C34H32ClFN4O4/c1-18-10-21(17-44-30-9-6-22(35)12-19(30)2)20(3)24(11-18)31-25(16-37)33(38)39(26-8-7-23(36)13-27(26)40(42)43)28-14-34(4,5)15-29(41)32(28)31/h6-13,31H,14-15,17,38H2,1-5H3. The third kappa shape index (κ3) is 5.53. The van der Waals surface area contributed by atoms with Crippen molar-refractivity contribution in [2.24, 2.45) is 11.1 Å². The number of benzene rings is 3. The van der Waals surface area contributed by atoms with Gasteiger partial charge in [-0.25, -0.2) is 4.39 Å². The SMILES string of the molecule is Cc1cc(COc2ccc(Cl)cc2C)c(C)c(C2C(C#N)=C(N)N(c3ccc(F)cc3[N+](=O)[O-])C3=C2C(=O)CC(C)(C)C3)c1. The highest BCUT2D eigenvalue weighted by Gasteiger charge is 2.46. The molecule has 0 radical (unpaired) electrons. The number of nitrogens with zero attached hydrogens (tertiary/aromatic N) is 3. The Labute approximate surface area is 260 Å². The lowest BCUT2D eigenvalue weighted by Crippen LogP contribution is -2.42. The van der Waals surface area contributed by atoms with Crippen molar-refractivity contribution in [3.63, 3.8) is 0 Å². The second-order valence-electron chi connectivity index (χ2n) is 12.2. The number of halogens is 2. The Hall–Kier alpha value is -4.68. The number of ketones is 1. The zero-order valence-electron chi connectivity index (χ0n) is 25.1. The number of nitrogens with two attached hydrogens (primary N) is 1. The van der Waals surface area contributed by atoms with Crippen LogP contribution in [0.15, 0.2) is 71.2 Å². The maximum Gasteiger partial charge on any atom is 0.296 e. The van der Waals surface area contributed by atoms with Crippen LogP contribution in [0.4, 0.5) is 15.8 Å². The lowest BCUT2D eigenvalue weighted by molar-refractivity contribution is -0.384. The first kappa shape index (κ1) is 30.8. The van der Waals surface area contributed by atoms with E-state index in [4.69, 9.17) is 22.1 Å². The average molecular weight is 615 g/mol. The molecule has 2 N–H and O–H groups in total. The lowest BCUT2D eigenvalue weighted by atomic mass is 9.68. The van der Waals surface area contributed by atoms with E-state index in [1.807, 2.05) is 58.9 Å². The Kier molecular flexibility index (Phi) is 8.00. The number of hydrogen-bond acceptors (Lipinski definition) is 7. The van der Waals surface area contributed by atoms with Gasteiger partial charge in [-0.05, 0) is 85.2 Å². The molecule has 226 valence electrons. The maximum atomic E-state index is 14.1. The number of rotatable bonds is 6. The highest BCUT2D eigenvalue weighted by Crippen LogP contribution is 2.52. The summed E-state index contributed by atoms with van der Waals surface area (Å²) in [5, 5.41) is 23.1. The van der Waals surface area contributed by atoms with Crippen molar-refractivity contribution in [1.82, 2.24) is 0 Å². The van der Waals surface area contributed by atoms with E-state index in [9.17, 15) is 24.6 Å². The predicted molar refractivity (Wildman–Crippen MR) is 167 cm³/mol. The van der Waals surface area contributed by atoms with Gasteiger partial charge in [0.05, 0.1) is 28.5 Å². The van der Waals surface area contributed by atoms with Gasteiger partial charge in [0.15, 0.2) is 5.78 Å². The van der Waals surface area contributed by atoms with Gasteiger partial charge in [-0.1, -0.05) is 43.1 Å². The number of allylic oxidation sites excluding steroid dienone is 3. The molecule has 5 rings (SSSR count). The highest BCUT2D eigenvalue weighted by molar-refractivity contribution is 6.30. The van der Waals surface area contributed by atoms with E-state index in [0.717, 1.165) is 39.9 Å². The molecule has 1 unspecified atom stereocenters. The summed E-state index contributed by atoms with van der Waals surface area (Å²) in [7, 11) is 0. The van der Waals surface area contributed by atoms with Crippen molar-refractivity contribution in [3.05, 3.63) is 120 Å². The minimum Gasteiger partial charge on any atom is -0.489 e. The van der Waals surface area contributed by atoms with Gasteiger partial charge in [0.2, 0.25) is 0 Å². The van der Waals surface area contributed by atoms with E-state index >= 15 is 0 Å². The zero-order chi connectivity index (χ0) is 32.1. The quantitative estimate of drug-likeness (QED) is 0.222. The summed E-state index contributed by atoms with van der Waals surface area (Å²) in [6.07, 6.45) is 0.576. The monoisotopic (exact) mass is 614 g/mol. The molecule has 0 fully saturated rings. The van der Waals surface area contributed by atoms with E-state index in [1.165, 1.54) is 11.0 Å². The smallest absolute Gasteiger partial charge is 0.296 e. The molecule has 1 aliphatic heterocycles. The summed E-state index contributed by atoms with van der Waals surface area (Å²) in [5.74, 6) is -1.11. The van der Waals surface area contributed by atoms with Crippen LogP contribution in [0.3, 0.4) is 0 Å². The van der Waals surface area contributed by atoms with E-state index in [-0.39, 0.29) is 35.9 Å². The second kappa shape index (κ2) is 11.4. The van der Waals surface area contributed by atoms with E-state index < -0.39 is 27.8 Å². The van der Waals surface area contributed by atoms with Gasteiger partial charge in [-0.3, -0.25) is 19.8 Å². The van der Waals surface area contributed by atoms with Gasteiger partial charge >= 0.3 is 0 Å². The van der Waals surface area contributed by atoms with Crippen LogP contribution in [0, 0.1) is 53.4 Å². The van der Waals surface area contributed by atoms with Crippen LogP contribution < -0.4 is 15.4 Å².